The molecule has 4 N–H and O–H groups in total. The summed E-state index contributed by atoms with van der Waals surface area (Å²) in [7, 11) is 1.56. The molecule has 0 radical (unpaired) electrons. The largest absolute Gasteiger partial charge is 0.497 e. The van der Waals surface area contributed by atoms with Crippen molar-refractivity contribution in [3.05, 3.63) is 45.0 Å². The fourth-order valence-corrected chi connectivity index (χ4v) is 2.48. The summed E-state index contributed by atoms with van der Waals surface area (Å²) in [6, 6.07) is 6.90. The molecule has 110 valence electrons. The van der Waals surface area contributed by atoms with Crippen molar-refractivity contribution in [1.29, 1.82) is 0 Å². The molecule has 6 nitrogen and oxygen atoms in total. The van der Waals surface area contributed by atoms with Gasteiger partial charge in [0.25, 0.3) is 5.91 Å². The molecule has 0 bridgehead atoms. The zero-order valence-electron chi connectivity index (χ0n) is 11.0. The molecule has 1 aromatic carbocycles. The van der Waals surface area contributed by atoms with Crippen molar-refractivity contribution in [2.75, 3.05) is 17.9 Å². The second-order valence-corrected chi connectivity index (χ2v) is 5.86. The van der Waals surface area contributed by atoms with Gasteiger partial charge in [0, 0.05) is 26.9 Å². The van der Waals surface area contributed by atoms with E-state index in [0.29, 0.717) is 21.5 Å². The Kier molecular flexibility index (Phi) is 5.16. The molecule has 2 aromatic rings. The fraction of sp³-hybridized carbons (Fsp3) is 0.0769. The van der Waals surface area contributed by atoms with Crippen LogP contribution in [-0.2, 0) is 0 Å². The van der Waals surface area contributed by atoms with Crippen LogP contribution in [0.25, 0.3) is 0 Å². The summed E-state index contributed by atoms with van der Waals surface area (Å²) in [5.41, 5.74) is 3.31. The highest BCUT2D eigenvalue weighted by Gasteiger charge is 2.14. The van der Waals surface area contributed by atoms with E-state index in [-0.39, 0.29) is 11.7 Å². The van der Waals surface area contributed by atoms with E-state index in [4.69, 9.17) is 10.6 Å². The topological polar surface area (TPSA) is 89.3 Å². The van der Waals surface area contributed by atoms with Crippen molar-refractivity contribution >= 4 is 49.3 Å². The second-order valence-electron chi connectivity index (χ2n) is 4.03. The summed E-state index contributed by atoms with van der Waals surface area (Å²) in [6.45, 7) is 0. The summed E-state index contributed by atoms with van der Waals surface area (Å²) >= 11 is 6.63. The van der Waals surface area contributed by atoms with Crippen molar-refractivity contribution < 1.29 is 9.53 Å². The molecule has 21 heavy (non-hydrogen) atoms. The quantitative estimate of drug-likeness (QED) is 0.527. The van der Waals surface area contributed by atoms with Crippen molar-refractivity contribution in [3.8, 4) is 5.75 Å². The SMILES string of the molecule is COc1cc(Br)cc(NC(=O)c2cc(Br)cnc2NN)c1. The number of nitrogens with zero attached hydrogens (tertiary/aromatic N) is 1. The van der Waals surface area contributed by atoms with Crippen LogP contribution in [0.1, 0.15) is 10.4 Å². The van der Waals surface area contributed by atoms with Gasteiger partial charge < -0.3 is 15.5 Å². The Labute approximate surface area is 138 Å². The van der Waals surface area contributed by atoms with Gasteiger partial charge in [-0.25, -0.2) is 10.8 Å². The van der Waals surface area contributed by atoms with Gasteiger partial charge in [0.05, 0.1) is 12.7 Å². The number of aromatic nitrogens is 1. The lowest BCUT2D eigenvalue weighted by atomic mass is 10.2. The maximum atomic E-state index is 12.3. The molecule has 8 heteroatoms. The minimum atomic E-state index is -0.336. The Morgan fingerprint density at radius 2 is 2.00 bits per heavy atom. The second kappa shape index (κ2) is 6.88. The third kappa shape index (κ3) is 3.93. The van der Waals surface area contributed by atoms with E-state index in [0.717, 1.165) is 4.47 Å². The predicted molar refractivity (Wildman–Crippen MR) is 88.4 cm³/mol. The van der Waals surface area contributed by atoms with Gasteiger partial charge >= 0.3 is 0 Å². The van der Waals surface area contributed by atoms with Crippen LogP contribution < -0.4 is 21.3 Å². The first kappa shape index (κ1) is 15.7. The lowest BCUT2D eigenvalue weighted by Crippen LogP contribution is -2.18. The normalized spacial score (nSPS) is 10.1. The van der Waals surface area contributed by atoms with Gasteiger partial charge in [0.15, 0.2) is 5.82 Å². The molecule has 1 heterocycles. The Morgan fingerprint density at radius 3 is 2.67 bits per heavy atom. The van der Waals surface area contributed by atoms with E-state index < -0.39 is 0 Å². The van der Waals surface area contributed by atoms with Gasteiger partial charge in [0.2, 0.25) is 0 Å². The molecule has 0 aliphatic rings. The Bertz CT molecular complexity index is 679. The molecule has 2 rings (SSSR count). The Morgan fingerprint density at radius 1 is 1.24 bits per heavy atom. The number of carbonyl (C=O) groups excluding carboxylic acids is 1. The van der Waals surface area contributed by atoms with Crippen LogP contribution in [0.3, 0.4) is 0 Å². The first-order valence-electron chi connectivity index (χ1n) is 5.81. The average molecular weight is 416 g/mol. The summed E-state index contributed by atoms with van der Waals surface area (Å²) in [6.07, 6.45) is 1.55. The number of hydrazine groups is 1. The average Bonchev–Trinajstić information content (AvgIpc) is 2.46. The standard InChI is InChI=1S/C13H12Br2N4O2/c1-21-10-3-7(14)2-9(5-10)18-13(20)11-4-8(15)6-17-12(11)19-16/h2-6H,16H2,1H3,(H,17,19)(H,18,20). The number of carbonyl (C=O) groups is 1. The summed E-state index contributed by atoms with van der Waals surface area (Å²) in [5, 5.41) is 2.77. The number of anilines is 2. The van der Waals surface area contributed by atoms with E-state index >= 15 is 0 Å². The molecule has 1 aromatic heterocycles. The van der Waals surface area contributed by atoms with Crippen LogP contribution in [0.5, 0.6) is 5.75 Å². The predicted octanol–water partition coefficient (Wildman–Crippen LogP) is 3.15. The van der Waals surface area contributed by atoms with Gasteiger partial charge in [-0.1, -0.05) is 15.9 Å². The first-order chi connectivity index (χ1) is 10.0. The molecule has 0 aliphatic heterocycles. The summed E-state index contributed by atoms with van der Waals surface area (Å²) in [5.74, 6) is 5.95. The molecule has 0 saturated carbocycles. The van der Waals surface area contributed by atoms with Gasteiger partial charge in [-0.3, -0.25) is 4.79 Å². The number of pyridine rings is 1. The van der Waals surface area contributed by atoms with E-state index in [1.165, 1.54) is 0 Å². The molecule has 0 atom stereocenters. The fourth-order valence-electron chi connectivity index (χ4n) is 1.68. The maximum Gasteiger partial charge on any atom is 0.259 e. The van der Waals surface area contributed by atoms with Crippen LogP contribution >= 0.6 is 31.9 Å². The van der Waals surface area contributed by atoms with Gasteiger partial charge in [-0.2, -0.15) is 0 Å². The third-order valence-corrected chi connectivity index (χ3v) is 3.49. The van der Waals surface area contributed by atoms with Crippen LogP contribution in [-0.4, -0.2) is 18.0 Å². The highest BCUT2D eigenvalue weighted by molar-refractivity contribution is 9.10. The van der Waals surface area contributed by atoms with Crippen LogP contribution in [0.2, 0.25) is 0 Å². The number of ether oxygens (including phenoxy) is 1. The smallest absolute Gasteiger partial charge is 0.259 e. The number of nitrogens with one attached hydrogen (secondary N) is 2. The molecule has 0 saturated heterocycles. The molecule has 1 amide bonds. The number of methoxy groups -OCH3 is 1. The molecule has 0 unspecified atom stereocenters. The van der Waals surface area contributed by atoms with Crippen molar-refractivity contribution in [2.24, 2.45) is 5.84 Å². The lowest BCUT2D eigenvalue weighted by molar-refractivity contribution is 0.102. The highest BCUT2D eigenvalue weighted by Crippen LogP contribution is 2.25. The maximum absolute atomic E-state index is 12.3. The minimum absolute atomic E-state index is 0.290. The summed E-state index contributed by atoms with van der Waals surface area (Å²) < 4.78 is 6.63. The van der Waals surface area contributed by atoms with Crippen LogP contribution in [0, 0.1) is 0 Å². The number of rotatable bonds is 4. The number of hydrogen-bond donors (Lipinski definition) is 3. The van der Waals surface area contributed by atoms with Crippen LogP contribution in [0.4, 0.5) is 11.5 Å². The molecule has 0 spiro atoms. The Hall–Kier alpha value is -1.64. The third-order valence-electron chi connectivity index (χ3n) is 2.60. The number of benzene rings is 1. The highest BCUT2D eigenvalue weighted by atomic mass is 79.9. The number of nitrogen functional groups attached to an aromatic ring is 1. The summed E-state index contributed by atoms with van der Waals surface area (Å²) in [4.78, 5) is 16.4. The molecular weight excluding hydrogens is 404 g/mol. The van der Waals surface area contributed by atoms with Crippen molar-refractivity contribution in [3.63, 3.8) is 0 Å². The lowest BCUT2D eigenvalue weighted by Gasteiger charge is -2.10. The minimum Gasteiger partial charge on any atom is -0.497 e. The molecule has 0 aliphatic carbocycles. The monoisotopic (exact) mass is 414 g/mol. The van der Waals surface area contributed by atoms with E-state index in [2.05, 4.69) is 47.6 Å². The first-order valence-corrected chi connectivity index (χ1v) is 7.40. The van der Waals surface area contributed by atoms with Gasteiger partial charge in [-0.05, 0) is 34.1 Å². The number of hydrogen-bond acceptors (Lipinski definition) is 5. The van der Waals surface area contributed by atoms with Crippen molar-refractivity contribution in [1.82, 2.24) is 4.98 Å². The zero-order valence-corrected chi connectivity index (χ0v) is 14.2. The molecule has 0 fully saturated rings. The Balaban J connectivity index is 2.30. The zero-order chi connectivity index (χ0) is 15.4. The number of nitrogens with two attached hydrogens (primary N) is 1. The number of halogens is 2. The van der Waals surface area contributed by atoms with Gasteiger partial charge in [-0.15, -0.1) is 0 Å². The van der Waals surface area contributed by atoms with Crippen LogP contribution in [0.15, 0.2) is 39.4 Å². The number of amides is 1. The van der Waals surface area contributed by atoms with E-state index in [9.17, 15) is 4.79 Å². The van der Waals surface area contributed by atoms with E-state index in [1.54, 1.807) is 37.6 Å². The van der Waals surface area contributed by atoms with Crippen molar-refractivity contribution in [2.45, 2.75) is 0 Å². The van der Waals surface area contributed by atoms with E-state index in [1.807, 2.05) is 0 Å². The van der Waals surface area contributed by atoms with Gasteiger partial charge in [0.1, 0.15) is 5.75 Å². The molecular formula is C13H12Br2N4O2.